The topological polar surface area (TPSA) is 75.7 Å². The number of benzene rings is 2. The van der Waals surface area contributed by atoms with Gasteiger partial charge in [-0.15, -0.1) is 0 Å². The monoisotopic (exact) mass is 390 g/mol. The van der Waals surface area contributed by atoms with Crippen molar-refractivity contribution in [1.29, 1.82) is 0 Å². The second-order valence-corrected chi connectivity index (χ2v) is 8.40. The van der Waals surface area contributed by atoms with Gasteiger partial charge in [-0.05, 0) is 42.7 Å². The van der Waals surface area contributed by atoms with E-state index in [1.807, 2.05) is 31.2 Å². The summed E-state index contributed by atoms with van der Waals surface area (Å²) >= 11 is 0. The molecule has 0 unspecified atom stereocenters. The summed E-state index contributed by atoms with van der Waals surface area (Å²) in [6.45, 7) is 6.05. The highest BCUT2D eigenvalue weighted by atomic mass is 32.2. The number of sulfonamides is 1. The van der Waals surface area contributed by atoms with Crippen molar-refractivity contribution in [1.82, 2.24) is 0 Å². The zero-order valence-corrected chi connectivity index (χ0v) is 16.9. The Morgan fingerprint density at radius 1 is 1.11 bits per heavy atom. The lowest BCUT2D eigenvalue weighted by Gasteiger charge is -2.24. The van der Waals surface area contributed by atoms with Crippen LogP contribution < -0.4 is 14.4 Å². The van der Waals surface area contributed by atoms with Crippen LogP contribution in [-0.2, 0) is 14.8 Å². The summed E-state index contributed by atoms with van der Waals surface area (Å²) in [6.07, 6.45) is 1.07. The van der Waals surface area contributed by atoms with E-state index in [2.05, 4.69) is 19.2 Å². The van der Waals surface area contributed by atoms with Crippen molar-refractivity contribution in [2.24, 2.45) is 0 Å². The predicted molar refractivity (Wildman–Crippen MR) is 109 cm³/mol. The molecule has 0 aliphatic carbocycles. The molecule has 0 radical (unpaired) electrons. The van der Waals surface area contributed by atoms with Gasteiger partial charge in [-0.1, -0.05) is 38.1 Å². The minimum Gasteiger partial charge on any atom is -0.492 e. The van der Waals surface area contributed by atoms with Crippen LogP contribution in [0.5, 0.6) is 5.75 Å². The standard InChI is InChI=1S/C20H26N2O4S/c1-5-26-19-9-7-6-8-18(19)22(27(4,24)25)14-20(23)21-17-12-10-16(11-13-17)15(2)3/h6-13,15H,5,14H2,1-4H3,(H,21,23). The van der Waals surface area contributed by atoms with E-state index in [-0.39, 0.29) is 6.54 Å². The largest absolute Gasteiger partial charge is 0.492 e. The van der Waals surface area contributed by atoms with Crippen molar-refractivity contribution < 1.29 is 17.9 Å². The summed E-state index contributed by atoms with van der Waals surface area (Å²) in [5.74, 6) is 0.383. The van der Waals surface area contributed by atoms with Crippen LogP contribution in [0.1, 0.15) is 32.3 Å². The van der Waals surface area contributed by atoms with E-state index in [4.69, 9.17) is 4.74 Å². The fourth-order valence-corrected chi connectivity index (χ4v) is 3.46. The average Bonchev–Trinajstić information content (AvgIpc) is 2.60. The predicted octanol–water partition coefficient (Wildman–Crippen LogP) is 3.61. The van der Waals surface area contributed by atoms with Gasteiger partial charge in [0.1, 0.15) is 12.3 Å². The molecule has 146 valence electrons. The minimum absolute atomic E-state index is 0.338. The van der Waals surface area contributed by atoms with Crippen LogP contribution in [0.2, 0.25) is 0 Å². The van der Waals surface area contributed by atoms with Crippen LogP contribution in [0.25, 0.3) is 0 Å². The summed E-state index contributed by atoms with van der Waals surface area (Å²) in [5.41, 5.74) is 2.12. The van der Waals surface area contributed by atoms with Gasteiger partial charge in [0.25, 0.3) is 0 Å². The number of ether oxygens (including phenoxy) is 1. The lowest BCUT2D eigenvalue weighted by atomic mass is 10.0. The molecule has 0 saturated carbocycles. The second kappa shape index (κ2) is 8.90. The Labute approximate surface area is 161 Å². The van der Waals surface area contributed by atoms with E-state index >= 15 is 0 Å². The molecule has 0 aromatic heterocycles. The number of amides is 1. The third-order valence-corrected chi connectivity index (χ3v) is 5.11. The normalized spacial score (nSPS) is 11.3. The van der Waals surface area contributed by atoms with E-state index in [0.717, 1.165) is 16.1 Å². The molecule has 2 aromatic carbocycles. The van der Waals surface area contributed by atoms with Crippen molar-refractivity contribution >= 4 is 27.3 Å². The number of nitrogens with one attached hydrogen (secondary N) is 1. The van der Waals surface area contributed by atoms with Crippen LogP contribution >= 0.6 is 0 Å². The number of para-hydroxylation sites is 2. The molecule has 1 amide bonds. The van der Waals surface area contributed by atoms with Crippen molar-refractivity contribution in [3.05, 3.63) is 54.1 Å². The summed E-state index contributed by atoms with van der Waals surface area (Å²) in [5, 5.41) is 2.75. The van der Waals surface area contributed by atoms with Gasteiger partial charge in [-0.25, -0.2) is 8.42 Å². The highest BCUT2D eigenvalue weighted by Crippen LogP contribution is 2.29. The van der Waals surface area contributed by atoms with E-state index in [9.17, 15) is 13.2 Å². The van der Waals surface area contributed by atoms with Crippen LogP contribution in [-0.4, -0.2) is 33.7 Å². The fourth-order valence-electron chi connectivity index (χ4n) is 2.60. The number of carbonyl (C=O) groups is 1. The maximum absolute atomic E-state index is 12.5. The summed E-state index contributed by atoms with van der Waals surface area (Å²) in [4.78, 5) is 12.5. The Balaban J connectivity index is 2.21. The van der Waals surface area contributed by atoms with E-state index in [1.54, 1.807) is 24.3 Å². The molecule has 27 heavy (non-hydrogen) atoms. The Bertz CT molecular complexity index is 877. The number of rotatable bonds is 8. The van der Waals surface area contributed by atoms with Gasteiger partial charge in [0.2, 0.25) is 15.9 Å². The molecular formula is C20H26N2O4S. The molecule has 0 aliphatic heterocycles. The number of carbonyl (C=O) groups excluding carboxylic acids is 1. The van der Waals surface area contributed by atoms with Gasteiger partial charge in [-0.2, -0.15) is 0 Å². The first-order valence-electron chi connectivity index (χ1n) is 8.81. The first kappa shape index (κ1) is 20.8. The fraction of sp³-hybridized carbons (Fsp3) is 0.350. The molecule has 0 spiro atoms. The Morgan fingerprint density at radius 3 is 2.30 bits per heavy atom. The zero-order valence-electron chi connectivity index (χ0n) is 16.1. The van der Waals surface area contributed by atoms with Gasteiger partial charge < -0.3 is 10.1 Å². The molecule has 0 aliphatic rings. The lowest BCUT2D eigenvalue weighted by molar-refractivity contribution is -0.114. The highest BCUT2D eigenvalue weighted by Gasteiger charge is 2.24. The maximum Gasteiger partial charge on any atom is 0.245 e. The SMILES string of the molecule is CCOc1ccccc1N(CC(=O)Nc1ccc(C(C)C)cc1)S(C)(=O)=O. The summed E-state index contributed by atoms with van der Waals surface area (Å²) in [6, 6.07) is 14.3. The maximum atomic E-state index is 12.5. The van der Waals surface area contributed by atoms with Crippen LogP contribution in [0.15, 0.2) is 48.5 Å². The summed E-state index contributed by atoms with van der Waals surface area (Å²) < 4.78 is 31.1. The highest BCUT2D eigenvalue weighted by molar-refractivity contribution is 7.92. The smallest absolute Gasteiger partial charge is 0.245 e. The van der Waals surface area contributed by atoms with Crippen molar-refractivity contribution in [2.75, 3.05) is 29.0 Å². The molecule has 1 N–H and O–H groups in total. The van der Waals surface area contributed by atoms with Gasteiger partial charge in [0.05, 0.1) is 18.6 Å². The van der Waals surface area contributed by atoms with Crippen LogP contribution in [0, 0.1) is 0 Å². The van der Waals surface area contributed by atoms with Crippen molar-refractivity contribution in [3.8, 4) is 5.75 Å². The van der Waals surface area contributed by atoms with Gasteiger partial charge >= 0.3 is 0 Å². The molecule has 2 rings (SSSR count). The molecule has 2 aromatic rings. The van der Waals surface area contributed by atoms with E-state index < -0.39 is 15.9 Å². The second-order valence-electron chi connectivity index (χ2n) is 6.50. The molecule has 0 saturated heterocycles. The molecule has 0 atom stereocenters. The average molecular weight is 391 g/mol. The summed E-state index contributed by atoms with van der Waals surface area (Å²) in [7, 11) is -3.67. The Hall–Kier alpha value is -2.54. The number of nitrogens with zero attached hydrogens (tertiary/aromatic N) is 1. The first-order chi connectivity index (χ1) is 12.7. The lowest BCUT2D eigenvalue weighted by Crippen LogP contribution is -2.37. The minimum atomic E-state index is -3.67. The molecular weight excluding hydrogens is 364 g/mol. The molecule has 7 heteroatoms. The third kappa shape index (κ3) is 5.72. The van der Waals surface area contributed by atoms with Crippen molar-refractivity contribution in [3.63, 3.8) is 0 Å². The van der Waals surface area contributed by atoms with Crippen molar-refractivity contribution in [2.45, 2.75) is 26.7 Å². The van der Waals surface area contributed by atoms with Crippen LogP contribution in [0.4, 0.5) is 11.4 Å². The van der Waals surface area contributed by atoms with Gasteiger partial charge in [0.15, 0.2) is 0 Å². The van der Waals surface area contributed by atoms with Gasteiger partial charge in [-0.3, -0.25) is 9.10 Å². The third-order valence-electron chi connectivity index (χ3n) is 3.98. The Morgan fingerprint density at radius 2 is 1.74 bits per heavy atom. The molecule has 6 nitrogen and oxygen atoms in total. The first-order valence-corrected chi connectivity index (χ1v) is 10.7. The molecule has 0 bridgehead atoms. The number of hydrogen-bond acceptors (Lipinski definition) is 4. The zero-order chi connectivity index (χ0) is 20.0. The number of hydrogen-bond donors (Lipinski definition) is 1. The van der Waals surface area contributed by atoms with Gasteiger partial charge in [0, 0.05) is 5.69 Å². The van der Waals surface area contributed by atoms with E-state index in [0.29, 0.717) is 29.6 Å². The van der Waals surface area contributed by atoms with Crippen LogP contribution in [0.3, 0.4) is 0 Å². The molecule has 0 heterocycles. The molecule has 0 fully saturated rings. The van der Waals surface area contributed by atoms with E-state index in [1.165, 1.54) is 0 Å². The quantitative estimate of drug-likeness (QED) is 0.747. The Kier molecular flexibility index (Phi) is 6.85. The number of anilines is 2.